The van der Waals surface area contributed by atoms with Gasteiger partial charge in [0.2, 0.25) is 0 Å². The molecule has 2 nitrogen and oxygen atoms in total. The Hall–Kier alpha value is -2.74. The lowest BCUT2D eigenvalue weighted by molar-refractivity contribution is 0.402. The van der Waals surface area contributed by atoms with Crippen LogP contribution in [0.1, 0.15) is 38.9 Å². The van der Waals surface area contributed by atoms with Crippen molar-refractivity contribution in [1.82, 2.24) is 0 Å². The summed E-state index contributed by atoms with van der Waals surface area (Å²) < 4.78 is 11.4. The van der Waals surface area contributed by atoms with Crippen LogP contribution in [0.15, 0.2) is 54.6 Å². The summed E-state index contributed by atoms with van der Waals surface area (Å²) in [6, 6.07) is 19.4. The zero-order chi connectivity index (χ0) is 19.4. The summed E-state index contributed by atoms with van der Waals surface area (Å²) in [5.41, 5.74) is 8.68. The molecule has 0 unspecified atom stereocenters. The topological polar surface area (TPSA) is 18.5 Å². The van der Waals surface area contributed by atoms with Crippen LogP contribution in [0.5, 0.6) is 11.5 Å². The van der Waals surface area contributed by atoms with Crippen molar-refractivity contribution < 1.29 is 9.47 Å². The number of benzene rings is 3. The molecule has 2 heteroatoms. The molecule has 0 amide bonds. The molecule has 27 heavy (non-hydrogen) atoms. The zero-order valence-corrected chi connectivity index (χ0v) is 16.9. The minimum Gasteiger partial charge on any atom is -0.496 e. The predicted octanol–water partition coefficient (Wildman–Crippen LogP) is 5.81. The van der Waals surface area contributed by atoms with Gasteiger partial charge in [-0.05, 0) is 49.1 Å². The Morgan fingerprint density at radius 2 is 1.30 bits per heavy atom. The van der Waals surface area contributed by atoms with E-state index in [0.717, 1.165) is 24.3 Å². The van der Waals surface area contributed by atoms with Crippen molar-refractivity contribution in [3.05, 3.63) is 93.5 Å². The van der Waals surface area contributed by atoms with Crippen molar-refractivity contribution in [3.63, 3.8) is 0 Å². The Morgan fingerprint density at radius 1 is 0.630 bits per heavy atom. The van der Waals surface area contributed by atoms with E-state index in [4.69, 9.17) is 9.47 Å². The minimum atomic E-state index is 0.788. The van der Waals surface area contributed by atoms with E-state index in [9.17, 15) is 0 Å². The fourth-order valence-corrected chi connectivity index (χ4v) is 3.75. The molecule has 0 aromatic heterocycles. The quantitative estimate of drug-likeness (QED) is 0.552. The van der Waals surface area contributed by atoms with Gasteiger partial charge in [0, 0.05) is 12.8 Å². The van der Waals surface area contributed by atoms with Gasteiger partial charge in [-0.15, -0.1) is 0 Å². The summed E-state index contributed by atoms with van der Waals surface area (Å²) in [6.07, 6.45) is 1.65. The fourth-order valence-electron chi connectivity index (χ4n) is 3.75. The first kappa shape index (κ1) is 19.0. The summed E-state index contributed by atoms with van der Waals surface area (Å²) in [5, 5.41) is 0. The highest BCUT2D eigenvalue weighted by Crippen LogP contribution is 2.32. The zero-order valence-electron chi connectivity index (χ0n) is 16.9. The molecule has 0 N–H and O–H groups in total. The molecule has 0 aliphatic heterocycles. The van der Waals surface area contributed by atoms with E-state index in [1.54, 1.807) is 14.2 Å². The average Bonchev–Trinajstić information content (AvgIpc) is 2.62. The lowest BCUT2D eigenvalue weighted by Gasteiger charge is -2.17. The van der Waals surface area contributed by atoms with E-state index in [1.807, 2.05) is 6.07 Å². The molecule has 0 spiro atoms. The Morgan fingerprint density at radius 3 is 1.96 bits per heavy atom. The standard InChI is InChI=1S/C25H28O2/c1-17-7-6-8-20(11-17)15-22-13-19(3)14-23(25(22)27-5)16-21-12-18(2)9-10-24(21)26-4/h6-14H,15-16H2,1-5H3. The maximum atomic E-state index is 5.87. The third-order valence-corrected chi connectivity index (χ3v) is 4.89. The van der Waals surface area contributed by atoms with Gasteiger partial charge < -0.3 is 9.47 Å². The van der Waals surface area contributed by atoms with Crippen molar-refractivity contribution in [2.75, 3.05) is 14.2 Å². The largest absolute Gasteiger partial charge is 0.496 e. The molecule has 0 aliphatic rings. The molecule has 0 bridgehead atoms. The second-order valence-corrected chi connectivity index (χ2v) is 7.27. The number of rotatable bonds is 6. The number of methoxy groups -OCH3 is 2. The normalized spacial score (nSPS) is 10.7. The highest BCUT2D eigenvalue weighted by atomic mass is 16.5. The molecule has 0 atom stereocenters. The van der Waals surface area contributed by atoms with Crippen LogP contribution in [0.25, 0.3) is 0 Å². The van der Waals surface area contributed by atoms with Gasteiger partial charge in [-0.3, -0.25) is 0 Å². The molecular weight excluding hydrogens is 332 g/mol. The third kappa shape index (κ3) is 4.51. The van der Waals surface area contributed by atoms with Crippen LogP contribution < -0.4 is 9.47 Å². The van der Waals surface area contributed by atoms with Gasteiger partial charge in [-0.2, -0.15) is 0 Å². The molecule has 0 saturated heterocycles. The minimum absolute atomic E-state index is 0.788. The molecule has 0 saturated carbocycles. The van der Waals surface area contributed by atoms with Crippen LogP contribution in [0.3, 0.4) is 0 Å². The van der Waals surface area contributed by atoms with Gasteiger partial charge in [-0.25, -0.2) is 0 Å². The SMILES string of the molecule is COc1ccc(C)cc1Cc1cc(C)cc(Cc2cccc(C)c2)c1OC. The molecular formula is C25H28O2. The lowest BCUT2D eigenvalue weighted by atomic mass is 9.94. The Balaban J connectivity index is 2.01. The van der Waals surface area contributed by atoms with Crippen molar-refractivity contribution >= 4 is 0 Å². The average molecular weight is 360 g/mol. The summed E-state index contributed by atoms with van der Waals surface area (Å²) in [7, 11) is 3.49. The van der Waals surface area contributed by atoms with Crippen LogP contribution in [-0.2, 0) is 12.8 Å². The second-order valence-electron chi connectivity index (χ2n) is 7.27. The van der Waals surface area contributed by atoms with E-state index in [1.165, 1.54) is 38.9 Å². The number of hydrogen-bond donors (Lipinski definition) is 0. The van der Waals surface area contributed by atoms with Crippen molar-refractivity contribution in [3.8, 4) is 11.5 Å². The Bertz CT molecular complexity index is 941. The van der Waals surface area contributed by atoms with Gasteiger partial charge in [-0.1, -0.05) is 65.2 Å². The van der Waals surface area contributed by atoms with Crippen LogP contribution in [-0.4, -0.2) is 14.2 Å². The summed E-state index contributed by atoms with van der Waals surface area (Å²) in [6.45, 7) is 6.39. The van der Waals surface area contributed by atoms with E-state index in [-0.39, 0.29) is 0 Å². The molecule has 3 rings (SSSR count). The second kappa shape index (κ2) is 8.30. The molecule has 0 aliphatic carbocycles. The molecule has 3 aromatic rings. The van der Waals surface area contributed by atoms with Crippen LogP contribution in [0.2, 0.25) is 0 Å². The van der Waals surface area contributed by atoms with E-state index in [0.29, 0.717) is 0 Å². The monoisotopic (exact) mass is 360 g/mol. The molecule has 140 valence electrons. The fraction of sp³-hybridized carbons (Fsp3) is 0.280. The smallest absolute Gasteiger partial charge is 0.125 e. The third-order valence-electron chi connectivity index (χ3n) is 4.89. The van der Waals surface area contributed by atoms with Gasteiger partial charge in [0.05, 0.1) is 14.2 Å². The van der Waals surface area contributed by atoms with Gasteiger partial charge in [0.25, 0.3) is 0 Å². The molecule has 3 aromatic carbocycles. The van der Waals surface area contributed by atoms with Crippen LogP contribution in [0, 0.1) is 20.8 Å². The molecule has 0 radical (unpaired) electrons. The number of ether oxygens (including phenoxy) is 2. The van der Waals surface area contributed by atoms with Gasteiger partial charge in [0.15, 0.2) is 0 Å². The first-order valence-electron chi connectivity index (χ1n) is 9.35. The van der Waals surface area contributed by atoms with E-state index in [2.05, 4.69) is 69.3 Å². The van der Waals surface area contributed by atoms with Gasteiger partial charge in [0.1, 0.15) is 11.5 Å². The van der Waals surface area contributed by atoms with Crippen molar-refractivity contribution in [1.29, 1.82) is 0 Å². The maximum absolute atomic E-state index is 5.87. The molecule has 0 fully saturated rings. The molecule has 0 heterocycles. The summed E-state index contributed by atoms with van der Waals surface area (Å²) >= 11 is 0. The Kier molecular flexibility index (Phi) is 5.85. The number of aryl methyl sites for hydroxylation is 3. The van der Waals surface area contributed by atoms with Gasteiger partial charge >= 0.3 is 0 Å². The van der Waals surface area contributed by atoms with Crippen LogP contribution >= 0.6 is 0 Å². The highest BCUT2D eigenvalue weighted by molar-refractivity contribution is 5.50. The first-order valence-corrected chi connectivity index (χ1v) is 9.35. The van der Waals surface area contributed by atoms with Crippen molar-refractivity contribution in [2.24, 2.45) is 0 Å². The first-order chi connectivity index (χ1) is 13.0. The van der Waals surface area contributed by atoms with Crippen LogP contribution in [0.4, 0.5) is 0 Å². The predicted molar refractivity (Wildman–Crippen MR) is 112 cm³/mol. The lowest BCUT2D eigenvalue weighted by Crippen LogP contribution is -2.02. The highest BCUT2D eigenvalue weighted by Gasteiger charge is 2.14. The van der Waals surface area contributed by atoms with E-state index >= 15 is 0 Å². The summed E-state index contributed by atoms with van der Waals surface area (Å²) in [4.78, 5) is 0. The number of hydrogen-bond acceptors (Lipinski definition) is 2. The maximum Gasteiger partial charge on any atom is 0.125 e. The van der Waals surface area contributed by atoms with E-state index < -0.39 is 0 Å². The summed E-state index contributed by atoms with van der Waals surface area (Å²) in [5.74, 6) is 1.90. The Labute approximate surface area is 162 Å². The van der Waals surface area contributed by atoms with Crippen molar-refractivity contribution in [2.45, 2.75) is 33.6 Å².